The van der Waals surface area contributed by atoms with Gasteiger partial charge >= 0.3 is 0 Å². The Kier molecular flexibility index (Phi) is 5.49. The molecule has 116 valence electrons. The average molecular weight is 299 g/mol. The summed E-state index contributed by atoms with van der Waals surface area (Å²) < 4.78 is 0. The highest BCUT2D eigenvalue weighted by molar-refractivity contribution is 6.04. The van der Waals surface area contributed by atoms with Crippen LogP contribution >= 0.6 is 0 Å². The smallest absolute Gasteiger partial charge is 0.255 e. The highest BCUT2D eigenvalue weighted by atomic mass is 16.3. The van der Waals surface area contributed by atoms with Crippen molar-refractivity contribution in [3.05, 3.63) is 53.7 Å². The number of hydrogen-bond donors (Lipinski definition) is 3. The number of benzene rings is 1. The number of rotatable bonds is 6. The molecule has 0 saturated carbocycles. The molecule has 1 aromatic carbocycles. The first-order valence-corrected chi connectivity index (χ1v) is 7.34. The van der Waals surface area contributed by atoms with Crippen molar-refractivity contribution in [1.82, 2.24) is 4.98 Å². The summed E-state index contributed by atoms with van der Waals surface area (Å²) in [5, 5.41) is 15.1. The zero-order valence-electron chi connectivity index (χ0n) is 12.8. The fraction of sp³-hybridized carbons (Fsp3) is 0.294. The lowest BCUT2D eigenvalue weighted by Gasteiger charge is -2.14. The maximum absolute atomic E-state index is 12.1. The SMILES string of the molecule is CCC(CO)Nc1ccc(NC(=O)c2ccc(C)cc2)cn1. The topological polar surface area (TPSA) is 74.2 Å². The molecule has 0 aliphatic rings. The van der Waals surface area contributed by atoms with Crippen molar-refractivity contribution in [2.75, 3.05) is 17.2 Å². The summed E-state index contributed by atoms with van der Waals surface area (Å²) in [5.74, 6) is 0.513. The molecule has 1 aromatic heterocycles. The van der Waals surface area contributed by atoms with Crippen molar-refractivity contribution in [2.24, 2.45) is 0 Å². The third kappa shape index (κ3) is 4.30. The van der Waals surface area contributed by atoms with Gasteiger partial charge in [0.2, 0.25) is 0 Å². The number of hydrogen-bond acceptors (Lipinski definition) is 4. The summed E-state index contributed by atoms with van der Waals surface area (Å²) in [6.07, 6.45) is 2.41. The number of nitrogens with zero attached hydrogens (tertiary/aromatic N) is 1. The maximum atomic E-state index is 12.1. The number of aliphatic hydroxyl groups is 1. The van der Waals surface area contributed by atoms with Gasteiger partial charge in [-0.1, -0.05) is 24.6 Å². The van der Waals surface area contributed by atoms with Gasteiger partial charge in [0.25, 0.3) is 5.91 Å². The molecule has 1 amide bonds. The van der Waals surface area contributed by atoms with Gasteiger partial charge in [-0.3, -0.25) is 4.79 Å². The zero-order valence-corrected chi connectivity index (χ0v) is 12.8. The van der Waals surface area contributed by atoms with E-state index >= 15 is 0 Å². The minimum Gasteiger partial charge on any atom is -0.394 e. The van der Waals surface area contributed by atoms with E-state index in [0.29, 0.717) is 17.1 Å². The minimum absolute atomic E-state index is 0.0134. The van der Waals surface area contributed by atoms with E-state index in [1.807, 2.05) is 26.0 Å². The van der Waals surface area contributed by atoms with E-state index in [1.165, 1.54) is 0 Å². The van der Waals surface area contributed by atoms with E-state index in [4.69, 9.17) is 5.11 Å². The molecule has 2 aromatic rings. The van der Waals surface area contributed by atoms with Gasteiger partial charge in [-0.15, -0.1) is 0 Å². The van der Waals surface area contributed by atoms with Crippen LogP contribution < -0.4 is 10.6 Å². The molecular formula is C17H21N3O2. The van der Waals surface area contributed by atoms with Gasteiger partial charge in [0.15, 0.2) is 0 Å². The summed E-state index contributed by atoms with van der Waals surface area (Å²) in [6, 6.07) is 10.9. The van der Waals surface area contributed by atoms with Crippen molar-refractivity contribution < 1.29 is 9.90 Å². The van der Waals surface area contributed by atoms with Crippen LogP contribution in [0, 0.1) is 6.92 Å². The number of aliphatic hydroxyl groups excluding tert-OH is 1. The summed E-state index contributed by atoms with van der Waals surface area (Å²) in [7, 11) is 0. The van der Waals surface area contributed by atoms with Crippen LogP contribution in [0.15, 0.2) is 42.6 Å². The van der Waals surface area contributed by atoms with E-state index in [2.05, 4.69) is 15.6 Å². The molecule has 1 heterocycles. The van der Waals surface area contributed by atoms with Crippen LogP contribution in [0.2, 0.25) is 0 Å². The van der Waals surface area contributed by atoms with E-state index in [-0.39, 0.29) is 18.6 Å². The second kappa shape index (κ2) is 7.56. The minimum atomic E-state index is -0.163. The van der Waals surface area contributed by atoms with Gasteiger partial charge in [-0.2, -0.15) is 0 Å². The van der Waals surface area contributed by atoms with Crippen molar-refractivity contribution in [3.63, 3.8) is 0 Å². The number of aryl methyl sites for hydroxylation is 1. The monoisotopic (exact) mass is 299 g/mol. The number of pyridine rings is 1. The molecule has 0 aliphatic heterocycles. The van der Waals surface area contributed by atoms with Crippen LogP contribution in [0.25, 0.3) is 0 Å². The molecule has 0 saturated heterocycles. The highest BCUT2D eigenvalue weighted by Gasteiger charge is 2.07. The van der Waals surface area contributed by atoms with Crippen LogP contribution in [0.3, 0.4) is 0 Å². The molecule has 5 nitrogen and oxygen atoms in total. The molecular weight excluding hydrogens is 278 g/mol. The Hall–Kier alpha value is -2.40. The summed E-state index contributed by atoms with van der Waals surface area (Å²) in [6.45, 7) is 4.03. The number of anilines is 2. The average Bonchev–Trinajstić information content (AvgIpc) is 2.54. The van der Waals surface area contributed by atoms with Crippen molar-refractivity contribution >= 4 is 17.4 Å². The van der Waals surface area contributed by atoms with Crippen LogP contribution in [0.5, 0.6) is 0 Å². The number of carbonyl (C=O) groups is 1. The Labute approximate surface area is 130 Å². The Morgan fingerprint density at radius 1 is 1.23 bits per heavy atom. The van der Waals surface area contributed by atoms with Crippen molar-refractivity contribution in [1.29, 1.82) is 0 Å². The number of amides is 1. The molecule has 5 heteroatoms. The lowest BCUT2D eigenvalue weighted by molar-refractivity contribution is 0.102. The van der Waals surface area contributed by atoms with Gasteiger partial charge in [-0.25, -0.2) is 4.98 Å². The predicted molar refractivity (Wildman–Crippen MR) is 88.2 cm³/mol. The van der Waals surface area contributed by atoms with Crippen LogP contribution in [0.4, 0.5) is 11.5 Å². The highest BCUT2D eigenvalue weighted by Crippen LogP contribution is 2.13. The first kappa shape index (κ1) is 16.0. The number of aromatic nitrogens is 1. The van der Waals surface area contributed by atoms with Gasteiger partial charge in [-0.05, 0) is 37.6 Å². The number of carbonyl (C=O) groups excluding carboxylic acids is 1. The lowest BCUT2D eigenvalue weighted by atomic mass is 10.1. The summed E-state index contributed by atoms with van der Waals surface area (Å²) in [5.41, 5.74) is 2.36. The van der Waals surface area contributed by atoms with Crippen LogP contribution in [0.1, 0.15) is 29.3 Å². The summed E-state index contributed by atoms with van der Waals surface area (Å²) in [4.78, 5) is 16.3. The third-order valence-corrected chi connectivity index (χ3v) is 3.40. The molecule has 2 rings (SSSR count). The van der Waals surface area contributed by atoms with Gasteiger partial charge < -0.3 is 15.7 Å². The van der Waals surface area contributed by atoms with Crippen LogP contribution in [-0.2, 0) is 0 Å². The number of nitrogens with one attached hydrogen (secondary N) is 2. The first-order valence-electron chi connectivity index (χ1n) is 7.34. The predicted octanol–water partition coefficient (Wildman–Crippen LogP) is 2.83. The van der Waals surface area contributed by atoms with E-state index in [9.17, 15) is 4.79 Å². The molecule has 0 radical (unpaired) electrons. The molecule has 0 bridgehead atoms. The zero-order chi connectivity index (χ0) is 15.9. The fourth-order valence-electron chi connectivity index (χ4n) is 1.95. The molecule has 22 heavy (non-hydrogen) atoms. The molecule has 0 spiro atoms. The molecule has 1 atom stereocenters. The van der Waals surface area contributed by atoms with Gasteiger partial charge in [0.1, 0.15) is 5.82 Å². The molecule has 3 N–H and O–H groups in total. The molecule has 0 aliphatic carbocycles. The van der Waals surface area contributed by atoms with E-state index < -0.39 is 0 Å². The second-order valence-corrected chi connectivity index (χ2v) is 5.18. The largest absolute Gasteiger partial charge is 0.394 e. The van der Waals surface area contributed by atoms with Crippen LogP contribution in [-0.4, -0.2) is 28.6 Å². The maximum Gasteiger partial charge on any atom is 0.255 e. The molecule has 1 unspecified atom stereocenters. The second-order valence-electron chi connectivity index (χ2n) is 5.18. The lowest BCUT2D eigenvalue weighted by Crippen LogP contribution is -2.23. The fourth-order valence-corrected chi connectivity index (χ4v) is 1.95. The molecule has 0 fully saturated rings. The van der Waals surface area contributed by atoms with Crippen molar-refractivity contribution in [3.8, 4) is 0 Å². The quantitative estimate of drug-likeness (QED) is 0.767. The Bertz CT molecular complexity index is 605. The third-order valence-electron chi connectivity index (χ3n) is 3.40. The van der Waals surface area contributed by atoms with E-state index in [0.717, 1.165) is 12.0 Å². The van der Waals surface area contributed by atoms with Gasteiger partial charge in [0, 0.05) is 5.56 Å². The first-order chi connectivity index (χ1) is 10.6. The normalized spacial score (nSPS) is 11.8. The Morgan fingerprint density at radius 2 is 1.95 bits per heavy atom. The standard InChI is InChI=1S/C17H21N3O2/c1-3-14(11-21)19-16-9-8-15(10-18-16)20-17(22)13-6-4-12(2)5-7-13/h4-10,14,21H,3,11H2,1-2H3,(H,18,19)(H,20,22). The van der Waals surface area contributed by atoms with E-state index in [1.54, 1.807) is 30.5 Å². The Balaban J connectivity index is 1.98. The van der Waals surface area contributed by atoms with Gasteiger partial charge in [0.05, 0.1) is 24.5 Å². The van der Waals surface area contributed by atoms with Crippen molar-refractivity contribution in [2.45, 2.75) is 26.3 Å². The Morgan fingerprint density at radius 3 is 2.50 bits per heavy atom. The summed E-state index contributed by atoms with van der Waals surface area (Å²) >= 11 is 0.